The van der Waals surface area contributed by atoms with E-state index in [2.05, 4.69) is 34.8 Å². The fourth-order valence-electron chi connectivity index (χ4n) is 2.00. The monoisotopic (exact) mass is 271 g/mol. The number of aryl methyl sites for hydroxylation is 1. The molecule has 1 aromatic heterocycles. The number of aliphatic hydroxyl groups excluding tert-OH is 1. The lowest BCUT2D eigenvalue weighted by Gasteiger charge is -2.24. The van der Waals surface area contributed by atoms with E-state index in [1.54, 1.807) is 6.20 Å². The molecule has 0 aliphatic carbocycles. The van der Waals surface area contributed by atoms with Gasteiger partial charge in [-0.05, 0) is 47.3 Å². The van der Waals surface area contributed by atoms with E-state index >= 15 is 0 Å². The van der Waals surface area contributed by atoms with E-state index in [1.807, 2.05) is 19.9 Å². The second-order valence-corrected chi connectivity index (χ2v) is 5.28. The molecule has 3 heteroatoms. The van der Waals surface area contributed by atoms with Crippen LogP contribution in [0, 0.1) is 12.8 Å². The number of pyridine rings is 1. The Morgan fingerprint density at radius 2 is 1.93 bits per heavy atom. The van der Waals surface area contributed by atoms with Gasteiger partial charge in [-0.25, -0.2) is 0 Å². The number of aliphatic hydroxyl groups is 1. The Balaban J connectivity index is 3.12. The number of nitrogens with zero attached hydrogens (tertiary/aromatic N) is 1. The quantitative estimate of drug-likeness (QED) is 0.916. The van der Waals surface area contributed by atoms with Gasteiger partial charge in [-0.3, -0.25) is 4.98 Å². The van der Waals surface area contributed by atoms with Crippen LogP contribution in [0.1, 0.15) is 37.9 Å². The minimum atomic E-state index is -0.364. The molecule has 0 saturated carbocycles. The van der Waals surface area contributed by atoms with Gasteiger partial charge in [0.25, 0.3) is 0 Å². The van der Waals surface area contributed by atoms with Crippen molar-refractivity contribution in [2.75, 3.05) is 0 Å². The molecule has 0 amide bonds. The van der Waals surface area contributed by atoms with Crippen molar-refractivity contribution in [3.8, 4) is 0 Å². The van der Waals surface area contributed by atoms with Gasteiger partial charge in [-0.15, -0.1) is 0 Å². The molecule has 0 aliphatic heterocycles. The first-order chi connectivity index (χ1) is 6.93. The number of aromatic nitrogens is 1. The smallest absolute Gasteiger partial charge is 0.0598 e. The average Bonchev–Trinajstić information content (AvgIpc) is 2.08. The zero-order valence-corrected chi connectivity index (χ0v) is 11.2. The molecular weight excluding hydrogens is 254 g/mol. The second kappa shape index (κ2) is 5.08. The molecule has 0 aliphatic rings. The summed E-state index contributed by atoms with van der Waals surface area (Å²) in [5.74, 6) is 0.496. The number of hydrogen-bond acceptors (Lipinski definition) is 2. The maximum atomic E-state index is 9.78. The van der Waals surface area contributed by atoms with Crippen LogP contribution >= 0.6 is 15.9 Å². The summed E-state index contributed by atoms with van der Waals surface area (Å²) in [4.78, 5) is 4.41. The maximum Gasteiger partial charge on any atom is 0.0598 e. The normalized spacial score (nSPS) is 15.4. The van der Waals surface area contributed by atoms with Crippen molar-refractivity contribution in [2.45, 2.75) is 39.7 Å². The molecule has 1 N–H and O–H groups in total. The molecular formula is C12H18BrNO. The van der Waals surface area contributed by atoms with Gasteiger partial charge in [0, 0.05) is 22.3 Å². The third-order valence-electron chi connectivity index (χ3n) is 2.64. The van der Waals surface area contributed by atoms with Crippen LogP contribution in [-0.2, 0) is 0 Å². The van der Waals surface area contributed by atoms with Gasteiger partial charge in [0.15, 0.2) is 0 Å². The lowest BCUT2D eigenvalue weighted by atomic mass is 9.86. The number of rotatable bonds is 3. The summed E-state index contributed by atoms with van der Waals surface area (Å²) >= 11 is 3.39. The minimum Gasteiger partial charge on any atom is -0.393 e. The van der Waals surface area contributed by atoms with Gasteiger partial charge >= 0.3 is 0 Å². The summed E-state index contributed by atoms with van der Waals surface area (Å²) in [6.07, 6.45) is 1.43. The fraction of sp³-hybridized carbons (Fsp3) is 0.583. The molecule has 0 saturated heterocycles. The molecule has 1 heterocycles. The van der Waals surface area contributed by atoms with Crippen molar-refractivity contribution in [3.05, 3.63) is 28.0 Å². The first kappa shape index (κ1) is 12.7. The standard InChI is InChI=1S/C12H18BrNO/c1-7(2)11(9(4)15)12-8(3)5-10(13)6-14-12/h5-7,9,11,15H,1-4H3. The van der Waals surface area contributed by atoms with Crippen LogP contribution in [0.2, 0.25) is 0 Å². The molecule has 0 fully saturated rings. The highest BCUT2D eigenvalue weighted by molar-refractivity contribution is 9.10. The lowest BCUT2D eigenvalue weighted by molar-refractivity contribution is 0.137. The molecule has 2 atom stereocenters. The van der Waals surface area contributed by atoms with E-state index in [4.69, 9.17) is 0 Å². The highest BCUT2D eigenvalue weighted by atomic mass is 79.9. The Morgan fingerprint density at radius 3 is 2.33 bits per heavy atom. The van der Waals surface area contributed by atoms with Crippen molar-refractivity contribution in [3.63, 3.8) is 0 Å². The van der Waals surface area contributed by atoms with Crippen molar-refractivity contribution in [1.29, 1.82) is 0 Å². The molecule has 2 unspecified atom stereocenters. The van der Waals surface area contributed by atoms with Crippen LogP contribution in [0.15, 0.2) is 16.7 Å². The zero-order chi connectivity index (χ0) is 11.6. The van der Waals surface area contributed by atoms with Gasteiger partial charge in [0.1, 0.15) is 0 Å². The second-order valence-electron chi connectivity index (χ2n) is 4.37. The van der Waals surface area contributed by atoms with Crippen LogP contribution in [0.25, 0.3) is 0 Å². The van der Waals surface area contributed by atoms with E-state index in [-0.39, 0.29) is 12.0 Å². The topological polar surface area (TPSA) is 33.1 Å². The average molecular weight is 272 g/mol. The molecule has 15 heavy (non-hydrogen) atoms. The third-order valence-corrected chi connectivity index (χ3v) is 3.07. The highest BCUT2D eigenvalue weighted by Crippen LogP contribution is 2.29. The van der Waals surface area contributed by atoms with Crippen molar-refractivity contribution < 1.29 is 5.11 Å². The highest BCUT2D eigenvalue weighted by Gasteiger charge is 2.23. The molecule has 0 bridgehead atoms. The van der Waals surface area contributed by atoms with Gasteiger partial charge in [-0.1, -0.05) is 13.8 Å². The summed E-state index contributed by atoms with van der Waals surface area (Å²) in [5.41, 5.74) is 2.13. The van der Waals surface area contributed by atoms with Crippen molar-refractivity contribution >= 4 is 15.9 Å². The maximum absolute atomic E-state index is 9.78. The molecule has 0 radical (unpaired) electrons. The van der Waals surface area contributed by atoms with Gasteiger partial charge in [0.2, 0.25) is 0 Å². The van der Waals surface area contributed by atoms with Gasteiger partial charge < -0.3 is 5.11 Å². The summed E-state index contributed by atoms with van der Waals surface area (Å²) in [6, 6.07) is 2.04. The van der Waals surface area contributed by atoms with E-state index in [1.165, 1.54) is 0 Å². The SMILES string of the molecule is Cc1cc(Br)cnc1C(C(C)C)C(C)O. The Labute approximate surface area is 99.9 Å². The molecule has 84 valence electrons. The number of halogens is 1. The van der Waals surface area contributed by atoms with Crippen LogP contribution in [0.5, 0.6) is 0 Å². The van der Waals surface area contributed by atoms with Crippen molar-refractivity contribution in [1.82, 2.24) is 4.98 Å². The Kier molecular flexibility index (Phi) is 4.29. The fourth-order valence-corrected chi connectivity index (χ4v) is 2.45. The Morgan fingerprint density at radius 1 is 1.33 bits per heavy atom. The zero-order valence-electron chi connectivity index (χ0n) is 9.66. The molecule has 0 aromatic carbocycles. The molecule has 0 spiro atoms. The van der Waals surface area contributed by atoms with Crippen LogP contribution in [0.4, 0.5) is 0 Å². The largest absolute Gasteiger partial charge is 0.393 e. The first-order valence-electron chi connectivity index (χ1n) is 5.23. The van der Waals surface area contributed by atoms with Gasteiger partial charge in [0.05, 0.1) is 6.10 Å². The van der Waals surface area contributed by atoms with E-state index in [0.717, 1.165) is 15.7 Å². The minimum absolute atomic E-state index is 0.109. The predicted octanol–water partition coefficient (Wildman–Crippen LogP) is 3.27. The predicted molar refractivity (Wildman–Crippen MR) is 65.9 cm³/mol. The summed E-state index contributed by atoms with van der Waals surface area (Å²) in [5, 5.41) is 9.78. The Bertz CT molecular complexity index is 328. The van der Waals surface area contributed by atoms with Gasteiger partial charge in [-0.2, -0.15) is 0 Å². The van der Waals surface area contributed by atoms with Crippen molar-refractivity contribution in [2.24, 2.45) is 5.92 Å². The van der Waals surface area contributed by atoms with E-state index < -0.39 is 0 Å². The first-order valence-corrected chi connectivity index (χ1v) is 6.03. The van der Waals surface area contributed by atoms with E-state index in [0.29, 0.717) is 5.92 Å². The van der Waals surface area contributed by atoms with Crippen LogP contribution in [-0.4, -0.2) is 16.2 Å². The summed E-state index contributed by atoms with van der Waals surface area (Å²) in [6.45, 7) is 8.08. The molecule has 1 rings (SSSR count). The Hall–Kier alpha value is -0.410. The van der Waals surface area contributed by atoms with Crippen LogP contribution in [0.3, 0.4) is 0 Å². The molecule has 2 nitrogen and oxygen atoms in total. The van der Waals surface area contributed by atoms with Crippen LogP contribution < -0.4 is 0 Å². The van der Waals surface area contributed by atoms with E-state index in [9.17, 15) is 5.11 Å². The lowest BCUT2D eigenvalue weighted by Crippen LogP contribution is -2.22. The summed E-state index contributed by atoms with van der Waals surface area (Å²) in [7, 11) is 0. The molecule has 1 aromatic rings. The summed E-state index contributed by atoms with van der Waals surface area (Å²) < 4.78 is 0.983. The third kappa shape index (κ3) is 3.02. The number of hydrogen-bond donors (Lipinski definition) is 1.